The molecule has 0 aromatic heterocycles. The molecule has 0 spiro atoms. The molecule has 4 nitrogen and oxygen atoms in total. The van der Waals surface area contributed by atoms with E-state index in [0.717, 1.165) is 19.3 Å². The number of rotatable bonds is 4. The maximum atomic E-state index is 12.3. The SMILES string of the molecule is NC(=S)C1CCCC1NS(=O)(=O)c1cc(Cl)cc(Cl)c1. The van der Waals surface area contributed by atoms with E-state index in [2.05, 4.69) is 4.72 Å². The van der Waals surface area contributed by atoms with E-state index < -0.39 is 10.0 Å². The number of benzene rings is 1. The Labute approximate surface area is 133 Å². The molecule has 20 heavy (non-hydrogen) atoms. The molecule has 1 aliphatic carbocycles. The lowest BCUT2D eigenvalue weighted by Crippen LogP contribution is -2.41. The van der Waals surface area contributed by atoms with Gasteiger partial charge in [0.25, 0.3) is 0 Å². The van der Waals surface area contributed by atoms with Crippen molar-refractivity contribution in [2.24, 2.45) is 11.7 Å². The van der Waals surface area contributed by atoms with Crippen LogP contribution in [-0.4, -0.2) is 19.4 Å². The maximum Gasteiger partial charge on any atom is 0.240 e. The number of nitrogens with two attached hydrogens (primary N) is 1. The van der Waals surface area contributed by atoms with Crippen LogP contribution in [0.15, 0.2) is 23.1 Å². The minimum atomic E-state index is -3.69. The van der Waals surface area contributed by atoms with Crippen LogP contribution in [0.2, 0.25) is 10.0 Å². The van der Waals surface area contributed by atoms with Crippen molar-refractivity contribution < 1.29 is 8.42 Å². The molecular weight excluding hydrogens is 339 g/mol. The number of hydrogen-bond acceptors (Lipinski definition) is 3. The predicted octanol–water partition coefficient (Wildman–Crippen LogP) is 2.73. The van der Waals surface area contributed by atoms with E-state index >= 15 is 0 Å². The zero-order valence-electron chi connectivity index (χ0n) is 10.5. The molecule has 1 aromatic carbocycles. The van der Waals surface area contributed by atoms with Crippen LogP contribution in [0.1, 0.15) is 19.3 Å². The minimum absolute atomic E-state index is 0.0450. The highest BCUT2D eigenvalue weighted by atomic mass is 35.5. The van der Waals surface area contributed by atoms with Gasteiger partial charge in [-0.1, -0.05) is 41.8 Å². The van der Waals surface area contributed by atoms with Gasteiger partial charge in [-0.3, -0.25) is 0 Å². The van der Waals surface area contributed by atoms with Crippen molar-refractivity contribution in [2.45, 2.75) is 30.2 Å². The molecule has 1 aliphatic rings. The number of nitrogens with one attached hydrogen (secondary N) is 1. The van der Waals surface area contributed by atoms with Crippen molar-refractivity contribution in [3.63, 3.8) is 0 Å². The molecule has 0 radical (unpaired) electrons. The first kappa shape index (κ1) is 16.0. The zero-order valence-corrected chi connectivity index (χ0v) is 13.6. The third-order valence-corrected chi connectivity index (χ3v) is 5.54. The first-order chi connectivity index (χ1) is 9.29. The number of halogens is 2. The molecule has 1 saturated carbocycles. The van der Waals surface area contributed by atoms with Crippen LogP contribution in [0.5, 0.6) is 0 Å². The second-order valence-corrected chi connectivity index (χ2v) is 7.83. The highest BCUT2D eigenvalue weighted by Crippen LogP contribution is 2.28. The summed E-state index contributed by atoms with van der Waals surface area (Å²) in [6.07, 6.45) is 2.42. The second-order valence-electron chi connectivity index (χ2n) is 4.77. The van der Waals surface area contributed by atoms with Crippen LogP contribution < -0.4 is 10.5 Å². The molecule has 0 aliphatic heterocycles. The fourth-order valence-electron chi connectivity index (χ4n) is 2.39. The van der Waals surface area contributed by atoms with Gasteiger partial charge in [-0.05, 0) is 31.0 Å². The van der Waals surface area contributed by atoms with Crippen molar-refractivity contribution in [3.8, 4) is 0 Å². The van der Waals surface area contributed by atoms with Gasteiger partial charge in [0.1, 0.15) is 0 Å². The summed E-state index contributed by atoms with van der Waals surface area (Å²) in [5.74, 6) is -0.102. The molecule has 8 heteroatoms. The first-order valence-corrected chi connectivity index (χ1v) is 8.72. The van der Waals surface area contributed by atoms with Crippen LogP contribution >= 0.6 is 35.4 Å². The van der Waals surface area contributed by atoms with Gasteiger partial charge in [-0.15, -0.1) is 0 Å². The fraction of sp³-hybridized carbons (Fsp3) is 0.417. The fourth-order valence-corrected chi connectivity index (χ4v) is 4.71. The molecule has 1 fully saturated rings. The van der Waals surface area contributed by atoms with Crippen LogP contribution in [0.3, 0.4) is 0 Å². The summed E-state index contributed by atoms with van der Waals surface area (Å²) >= 11 is 16.6. The summed E-state index contributed by atoms with van der Waals surface area (Å²) < 4.78 is 27.3. The van der Waals surface area contributed by atoms with Crippen molar-refractivity contribution >= 4 is 50.4 Å². The van der Waals surface area contributed by atoms with Gasteiger partial charge in [-0.2, -0.15) is 0 Å². The first-order valence-electron chi connectivity index (χ1n) is 6.07. The van der Waals surface area contributed by atoms with Gasteiger partial charge >= 0.3 is 0 Å². The van der Waals surface area contributed by atoms with Gasteiger partial charge in [0.2, 0.25) is 10.0 Å². The van der Waals surface area contributed by atoms with Gasteiger partial charge in [0.05, 0.1) is 9.88 Å². The Morgan fingerprint density at radius 3 is 2.40 bits per heavy atom. The lowest BCUT2D eigenvalue weighted by molar-refractivity contribution is 0.525. The van der Waals surface area contributed by atoms with Crippen LogP contribution in [0.25, 0.3) is 0 Å². The Morgan fingerprint density at radius 2 is 1.85 bits per heavy atom. The van der Waals surface area contributed by atoms with Crippen LogP contribution in [0.4, 0.5) is 0 Å². The Morgan fingerprint density at radius 1 is 1.25 bits per heavy atom. The van der Waals surface area contributed by atoms with E-state index in [1.54, 1.807) is 0 Å². The molecule has 0 saturated heterocycles. The lowest BCUT2D eigenvalue weighted by atomic mass is 10.1. The highest BCUT2D eigenvalue weighted by Gasteiger charge is 2.33. The molecule has 1 aromatic rings. The van der Waals surface area contributed by atoms with Crippen molar-refractivity contribution in [3.05, 3.63) is 28.2 Å². The van der Waals surface area contributed by atoms with E-state index in [9.17, 15) is 8.42 Å². The summed E-state index contributed by atoms with van der Waals surface area (Å²) in [5, 5.41) is 0.547. The van der Waals surface area contributed by atoms with Crippen molar-refractivity contribution in [1.82, 2.24) is 4.72 Å². The van der Waals surface area contributed by atoms with Crippen LogP contribution in [-0.2, 0) is 10.0 Å². The third kappa shape index (κ3) is 3.62. The van der Waals surface area contributed by atoms with Gasteiger partial charge in [0.15, 0.2) is 0 Å². The largest absolute Gasteiger partial charge is 0.393 e. The second kappa shape index (κ2) is 6.15. The molecule has 2 rings (SSSR count). The average molecular weight is 353 g/mol. The summed E-state index contributed by atoms with van der Waals surface area (Å²) in [6, 6.07) is 3.94. The Kier molecular flexibility index (Phi) is 4.92. The number of hydrogen-bond donors (Lipinski definition) is 2. The molecule has 110 valence electrons. The summed E-state index contributed by atoms with van der Waals surface area (Å²) in [4.78, 5) is 0.392. The summed E-state index contributed by atoms with van der Waals surface area (Å²) in [6.45, 7) is 0. The maximum absolute atomic E-state index is 12.3. The summed E-state index contributed by atoms with van der Waals surface area (Å²) in [5.41, 5.74) is 5.65. The van der Waals surface area contributed by atoms with E-state index in [1.165, 1.54) is 18.2 Å². The third-order valence-electron chi connectivity index (χ3n) is 3.33. The van der Waals surface area contributed by atoms with E-state index in [-0.39, 0.29) is 26.9 Å². The van der Waals surface area contributed by atoms with E-state index in [0.29, 0.717) is 4.99 Å². The minimum Gasteiger partial charge on any atom is -0.393 e. The summed E-state index contributed by atoms with van der Waals surface area (Å²) in [7, 11) is -3.69. The Hall–Kier alpha value is -0.400. The highest BCUT2D eigenvalue weighted by molar-refractivity contribution is 7.89. The molecule has 2 atom stereocenters. The molecule has 3 N–H and O–H groups in total. The zero-order chi connectivity index (χ0) is 14.9. The van der Waals surface area contributed by atoms with Crippen molar-refractivity contribution in [1.29, 1.82) is 0 Å². The molecule has 0 bridgehead atoms. The Balaban J connectivity index is 2.25. The smallest absolute Gasteiger partial charge is 0.240 e. The molecule has 2 unspecified atom stereocenters. The van der Waals surface area contributed by atoms with Gasteiger partial charge < -0.3 is 5.73 Å². The topological polar surface area (TPSA) is 72.2 Å². The molecular formula is C12H14Cl2N2O2S2. The quantitative estimate of drug-likeness (QED) is 0.817. The molecule has 0 heterocycles. The van der Waals surface area contributed by atoms with E-state index in [1.807, 2.05) is 0 Å². The van der Waals surface area contributed by atoms with Crippen molar-refractivity contribution in [2.75, 3.05) is 0 Å². The monoisotopic (exact) mass is 352 g/mol. The lowest BCUT2D eigenvalue weighted by Gasteiger charge is -2.20. The van der Waals surface area contributed by atoms with Gasteiger partial charge in [0, 0.05) is 22.0 Å². The average Bonchev–Trinajstić information content (AvgIpc) is 2.75. The van der Waals surface area contributed by atoms with Gasteiger partial charge in [-0.25, -0.2) is 13.1 Å². The number of sulfonamides is 1. The normalized spacial score (nSPS) is 22.9. The number of thiocarbonyl (C=S) groups is 1. The molecule has 0 amide bonds. The Bertz CT molecular complexity index is 614. The predicted molar refractivity (Wildman–Crippen MR) is 84.7 cm³/mol. The standard InChI is InChI=1S/C12H14Cl2N2O2S2/c13-7-4-8(14)6-9(5-7)20(17,18)16-11-3-1-2-10(11)12(15)19/h4-6,10-11,16H,1-3H2,(H2,15,19). The van der Waals surface area contributed by atoms with E-state index in [4.69, 9.17) is 41.2 Å². The van der Waals surface area contributed by atoms with Crippen LogP contribution in [0, 0.1) is 5.92 Å².